The van der Waals surface area contributed by atoms with Crippen LogP contribution in [0.25, 0.3) is 6.08 Å². The molecule has 0 aliphatic rings. The van der Waals surface area contributed by atoms with Crippen molar-refractivity contribution in [2.75, 3.05) is 13.2 Å². The standard InChI is InChI=1S/C20H20N2O5/c1-15-5-2-3-7-17(15)11-12-21-19(23)14-27-20(24)10-9-16-6-4-8-18(13-16)22(25)26/h2-10,13H,11-12,14H2,1H3,(H,21,23)/b10-9+. The number of hydrogen-bond donors (Lipinski definition) is 1. The van der Waals surface area contributed by atoms with Crippen molar-refractivity contribution < 1.29 is 19.2 Å². The van der Waals surface area contributed by atoms with Crippen molar-refractivity contribution in [3.63, 3.8) is 0 Å². The molecule has 0 aliphatic heterocycles. The third-order valence-electron chi connectivity index (χ3n) is 3.82. The van der Waals surface area contributed by atoms with E-state index >= 15 is 0 Å². The topological polar surface area (TPSA) is 98.5 Å². The van der Waals surface area contributed by atoms with Crippen LogP contribution < -0.4 is 5.32 Å². The number of hydrogen-bond acceptors (Lipinski definition) is 5. The molecular formula is C20H20N2O5. The van der Waals surface area contributed by atoms with Crippen LogP contribution in [0.2, 0.25) is 0 Å². The summed E-state index contributed by atoms with van der Waals surface area (Å²) in [5, 5.41) is 13.4. The average molecular weight is 368 g/mol. The maximum atomic E-state index is 11.7. The molecule has 2 aromatic carbocycles. The molecule has 0 unspecified atom stereocenters. The highest BCUT2D eigenvalue weighted by Crippen LogP contribution is 2.14. The molecule has 1 N–H and O–H groups in total. The molecule has 0 saturated heterocycles. The number of nitro benzene ring substituents is 1. The van der Waals surface area contributed by atoms with Crippen LogP contribution in [0.4, 0.5) is 5.69 Å². The Morgan fingerprint density at radius 2 is 1.96 bits per heavy atom. The van der Waals surface area contributed by atoms with Gasteiger partial charge in [-0.15, -0.1) is 0 Å². The van der Waals surface area contributed by atoms with E-state index in [4.69, 9.17) is 4.74 Å². The number of nitro groups is 1. The summed E-state index contributed by atoms with van der Waals surface area (Å²) >= 11 is 0. The lowest BCUT2D eigenvalue weighted by Crippen LogP contribution is -2.30. The zero-order chi connectivity index (χ0) is 19.6. The van der Waals surface area contributed by atoms with Gasteiger partial charge in [-0.3, -0.25) is 14.9 Å². The fourth-order valence-electron chi connectivity index (χ4n) is 2.37. The number of non-ortho nitro benzene ring substituents is 1. The van der Waals surface area contributed by atoms with Crippen molar-refractivity contribution in [2.24, 2.45) is 0 Å². The van der Waals surface area contributed by atoms with Crippen molar-refractivity contribution in [1.82, 2.24) is 5.32 Å². The number of nitrogens with zero attached hydrogens (tertiary/aromatic N) is 1. The van der Waals surface area contributed by atoms with Gasteiger partial charge in [0, 0.05) is 24.8 Å². The average Bonchev–Trinajstić information content (AvgIpc) is 2.66. The van der Waals surface area contributed by atoms with Gasteiger partial charge in [-0.1, -0.05) is 36.4 Å². The van der Waals surface area contributed by atoms with Gasteiger partial charge in [-0.2, -0.15) is 0 Å². The molecule has 7 heteroatoms. The van der Waals surface area contributed by atoms with Crippen molar-refractivity contribution >= 4 is 23.6 Å². The van der Waals surface area contributed by atoms with Crippen LogP contribution >= 0.6 is 0 Å². The Labute approximate surface area is 156 Å². The molecule has 0 fully saturated rings. The smallest absolute Gasteiger partial charge is 0.331 e. The first-order valence-corrected chi connectivity index (χ1v) is 8.36. The molecule has 7 nitrogen and oxygen atoms in total. The molecule has 0 saturated carbocycles. The monoisotopic (exact) mass is 368 g/mol. The number of ether oxygens (including phenoxy) is 1. The van der Waals surface area contributed by atoms with Gasteiger partial charge in [-0.25, -0.2) is 4.79 Å². The summed E-state index contributed by atoms with van der Waals surface area (Å²) in [6.07, 6.45) is 3.21. The molecule has 0 heterocycles. The van der Waals surface area contributed by atoms with E-state index in [0.717, 1.165) is 17.2 Å². The van der Waals surface area contributed by atoms with Crippen LogP contribution in [-0.4, -0.2) is 30.0 Å². The minimum absolute atomic E-state index is 0.0708. The SMILES string of the molecule is Cc1ccccc1CCNC(=O)COC(=O)/C=C/c1cccc([N+](=O)[O-])c1. The molecule has 1 amide bonds. The minimum atomic E-state index is -0.699. The van der Waals surface area contributed by atoms with Crippen molar-refractivity contribution in [1.29, 1.82) is 0 Å². The van der Waals surface area contributed by atoms with E-state index in [-0.39, 0.29) is 18.2 Å². The quantitative estimate of drug-likeness (QED) is 0.334. The summed E-state index contributed by atoms with van der Waals surface area (Å²) in [5.41, 5.74) is 2.72. The van der Waals surface area contributed by atoms with Crippen molar-refractivity contribution in [3.05, 3.63) is 81.4 Å². The lowest BCUT2D eigenvalue weighted by Gasteiger charge is -2.07. The first-order chi connectivity index (χ1) is 13.0. The Morgan fingerprint density at radius 3 is 2.70 bits per heavy atom. The van der Waals surface area contributed by atoms with E-state index in [1.807, 2.05) is 31.2 Å². The van der Waals surface area contributed by atoms with E-state index in [1.165, 1.54) is 24.3 Å². The number of carbonyl (C=O) groups is 2. The van der Waals surface area contributed by atoms with Gasteiger partial charge in [0.1, 0.15) is 0 Å². The van der Waals surface area contributed by atoms with Crippen LogP contribution in [0.15, 0.2) is 54.6 Å². The van der Waals surface area contributed by atoms with E-state index in [1.54, 1.807) is 6.07 Å². The van der Waals surface area contributed by atoms with Crippen molar-refractivity contribution in [3.8, 4) is 0 Å². The number of carbonyl (C=O) groups excluding carboxylic acids is 2. The molecule has 0 bridgehead atoms. The van der Waals surface area contributed by atoms with Crippen LogP contribution in [0.1, 0.15) is 16.7 Å². The van der Waals surface area contributed by atoms with Gasteiger partial charge >= 0.3 is 5.97 Å². The molecule has 140 valence electrons. The summed E-state index contributed by atoms with van der Waals surface area (Å²) in [7, 11) is 0. The number of benzene rings is 2. The van der Waals surface area contributed by atoms with Gasteiger partial charge in [0.15, 0.2) is 6.61 Å². The Balaban J connectivity index is 1.73. The van der Waals surface area contributed by atoms with Gasteiger partial charge in [0.2, 0.25) is 0 Å². The zero-order valence-electron chi connectivity index (χ0n) is 14.9. The number of rotatable bonds is 8. The van der Waals surface area contributed by atoms with Gasteiger partial charge in [0.25, 0.3) is 11.6 Å². The minimum Gasteiger partial charge on any atom is -0.452 e. The van der Waals surface area contributed by atoms with Gasteiger partial charge in [0.05, 0.1) is 4.92 Å². The Morgan fingerprint density at radius 1 is 1.19 bits per heavy atom. The highest BCUT2D eigenvalue weighted by molar-refractivity contribution is 5.89. The predicted molar refractivity (Wildman–Crippen MR) is 101 cm³/mol. The lowest BCUT2D eigenvalue weighted by atomic mass is 10.1. The third-order valence-corrected chi connectivity index (χ3v) is 3.82. The second-order valence-corrected chi connectivity index (χ2v) is 5.82. The Bertz CT molecular complexity index is 861. The molecule has 0 spiro atoms. The fourth-order valence-corrected chi connectivity index (χ4v) is 2.37. The highest BCUT2D eigenvalue weighted by Gasteiger charge is 2.07. The summed E-state index contributed by atoms with van der Waals surface area (Å²) < 4.78 is 4.86. The lowest BCUT2D eigenvalue weighted by molar-refractivity contribution is -0.384. The molecular weight excluding hydrogens is 348 g/mol. The Kier molecular flexibility index (Phi) is 7.25. The molecule has 0 aromatic heterocycles. The molecule has 0 aliphatic carbocycles. The molecule has 27 heavy (non-hydrogen) atoms. The van der Waals surface area contributed by atoms with Gasteiger partial charge < -0.3 is 10.1 Å². The second kappa shape index (κ2) is 9.86. The first kappa shape index (κ1) is 19.8. The maximum absolute atomic E-state index is 11.7. The Hall–Kier alpha value is -3.48. The zero-order valence-corrected chi connectivity index (χ0v) is 14.9. The number of amides is 1. The van der Waals surface area contributed by atoms with Crippen LogP contribution in [-0.2, 0) is 20.7 Å². The third kappa shape index (κ3) is 6.74. The molecule has 2 aromatic rings. The fraction of sp³-hybridized carbons (Fsp3) is 0.200. The summed E-state index contributed by atoms with van der Waals surface area (Å²) in [4.78, 5) is 33.6. The number of nitrogens with one attached hydrogen (secondary N) is 1. The van der Waals surface area contributed by atoms with E-state index in [2.05, 4.69) is 5.32 Å². The van der Waals surface area contributed by atoms with E-state index in [0.29, 0.717) is 18.5 Å². The maximum Gasteiger partial charge on any atom is 0.331 e. The predicted octanol–water partition coefficient (Wildman–Crippen LogP) is 2.82. The number of aryl methyl sites for hydroxylation is 1. The number of esters is 1. The van der Waals surface area contributed by atoms with Crippen LogP contribution in [0, 0.1) is 17.0 Å². The molecule has 2 rings (SSSR count). The summed E-state index contributed by atoms with van der Waals surface area (Å²) in [5.74, 6) is -1.09. The highest BCUT2D eigenvalue weighted by atomic mass is 16.6. The normalized spacial score (nSPS) is 10.6. The van der Waals surface area contributed by atoms with Crippen LogP contribution in [0.3, 0.4) is 0 Å². The van der Waals surface area contributed by atoms with Crippen LogP contribution in [0.5, 0.6) is 0 Å². The summed E-state index contributed by atoms with van der Waals surface area (Å²) in [6.45, 7) is 2.07. The van der Waals surface area contributed by atoms with Gasteiger partial charge in [-0.05, 0) is 36.1 Å². The van der Waals surface area contributed by atoms with Crippen molar-refractivity contribution in [2.45, 2.75) is 13.3 Å². The molecule has 0 atom stereocenters. The van der Waals surface area contributed by atoms with E-state index < -0.39 is 10.9 Å². The molecule has 0 radical (unpaired) electrons. The summed E-state index contributed by atoms with van der Waals surface area (Å²) in [6, 6.07) is 13.7. The van der Waals surface area contributed by atoms with E-state index in [9.17, 15) is 19.7 Å². The second-order valence-electron chi connectivity index (χ2n) is 5.82. The first-order valence-electron chi connectivity index (χ1n) is 8.36. The largest absolute Gasteiger partial charge is 0.452 e.